The third-order valence-corrected chi connectivity index (χ3v) is 3.53. The second-order valence-electron chi connectivity index (χ2n) is 6.13. The molecular weight excluding hydrogens is 351 g/mol. The molecule has 1 amide bonds. The molecule has 0 aromatic heterocycles. The van der Waals surface area contributed by atoms with Crippen molar-refractivity contribution >= 4 is 22.0 Å². The molecule has 124 valence electrons. The van der Waals surface area contributed by atoms with Gasteiger partial charge in [0.25, 0.3) is 0 Å². The Hall–Kier alpha value is -1.14. The number of nitrogens with one attached hydrogen (secondary N) is 2. The number of rotatable bonds is 6. The first-order valence-electron chi connectivity index (χ1n) is 7.35. The molecule has 4 nitrogen and oxygen atoms in total. The van der Waals surface area contributed by atoms with Gasteiger partial charge < -0.3 is 15.4 Å². The number of carbonyl (C=O) groups is 1. The third kappa shape index (κ3) is 7.22. The lowest BCUT2D eigenvalue weighted by atomic mass is 10.2. The van der Waals surface area contributed by atoms with E-state index < -0.39 is 11.7 Å². The number of halogens is 2. The van der Waals surface area contributed by atoms with Gasteiger partial charge >= 0.3 is 6.09 Å². The molecule has 0 aliphatic carbocycles. The molecule has 0 aliphatic rings. The maximum Gasteiger partial charge on any atom is 0.407 e. The zero-order valence-corrected chi connectivity index (χ0v) is 15.1. The van der Waals surface area contributed by atoms with Crippen LogP contribution in [-0.2, 0) is 11.3 Å². The Morgan fingerprint density at radius 1 is 1.41 bits per heavy atom. The van der Waals surface area contributed by atoms with Crippen LogP contribution in [0.5, 0.6) is 0 Å². The molecule has 1 aromatic rings. The van der Waals surface area contributed by atoms with E-state index >= 15 is 0 Å². The van der Waals surface area contributed by atoms with E-state index in [1.54, 1.807) is 12.1 Å². The van der Waals surface area contributed by atoms with Gasteiger partial charge in [0.2, 0.25) is 0 Å². The van der Waals surface area contributed by atoms with E-state index in [9.17, 15) is 9.18 Å². The first-order valence-corrected chi connectivity index (χ1v) is 8.14. The fourth-order valence-electron chi connectivity index (χ4n) is 1.81. The van der Waals surface area contributed by atoms with Crippen LogP contribution in [0.2, 0.25) is 0 Å². The molecule has 0 saturated carbocycles. The van der Waals surface area contributed by atoms with Crippen molar-refractivity contribution in [3.05, 3.63) is 34.1 Å². The fraction of sp³-hybridized carbons (Fsp3) is 0.562. The average molecular weight is 375 g/mol. The highest BCUT2D eigenvalue weighted by Gasteiger charge is 2.18. The van der Waals surface area contributed by atoms with E-state index in [2.05, 4.69) is 26.6 Å². The highest BCUT2D eigenvalue weighted by molar-refractivity contribution is 9.10. The van der Waals surface area contributed by atoms with Crippen molar-refractivity contribution in [3.8, 4) is 0 Å². The molecule has 0 aliphatic heterocycles. The molecule has 2 N–H and O–H groups in total. The number of alkyl carbamates (subject to hydrolysis) is 1. The van der Waals surface area contributed by atoms with E-state index in [1.807, 2.05) is 27.7 Å². The van der Waals surface area contributed by atoms with E-state index in [0.717, 1.165) is 12.0 Å². The predicted molar refractivity (Wildman–Crippen MR) is 89.3 cm³/mol. The molecule has 22 heavy (non-hydrogen) atoms. The first-order chi connectivity index (χ1) is 10.2. The highest BCUT2D eigenvalue weighted by Crippen LogP contribution is 2.16. The van der Waals surface area contributed by atoms with Gasteiger partial charge in [-0.15, -0.1) is 0 Å². The van der Waals surface area contributed by atoms with Gasteiger partial charge in [-0.3, -0.25) is 0 Å². The second kappa shape index (κ2) is 8.48. The summed E-state index contributed by atoms with van der Waals surface area (Å²) >= 11 is 3.16. The van der Waals surface area contributed by atoms with Crippen molar-refractivity contribution in [2.75, 3.05) is 6.54 Å². The van der Waals surface area contributed by atoms with Crippen LogP contribution in [0.3, 0.4) is 0 Å². The zero-order chi connectivity index (χ0) is 16.8. The molecule has 1 unspecified atom stereocenters. The number of carbonyl (C=O) groups excluding carboxylic acids is 1. The van der Waals surface area contributed by atoms with Crippen molar-refractivity contribution in [3.63, 3.8) is 0 Å². The Labute approximate surface area is 139 Å². The summed E-state index contributed by atoms with van der Waals surface area (Å²) in [5.74, 6) is -0.276. The standard InChI is InChI=1S/C16H24BrFN2O2/c1-5-12(20-15(21)22-16(2,3)4)10-19-9-11-6-7-14(18)13(17)8-11/h6-8,12,19H,5,9-10H2,1-4H3,(H,20,21). The van der Waals surface area contributed by atoms with E-state index in [0.29, 0.717) is 17.6 Å². The van der Waals surface area contributed by atoms with Crippen LogP contribution in [-0.4, -0.2) is 24.3 Å². The van der Waals surface area contributed by atoms with E-state index in [4.69, 9.17) is 4.74 Å². The maximum atomic E-state index is 13.2. The van der Waals surface area contributed by atoms with Gasteiger partial charge in [0.15, 0.2) is 0 Å². The normalized spacial score (nSPS) is 12.8. The minimum atomic E-state index is -0.504. The molecule has 0 radical (unpaired) electrons. The van der Waals surface area contributed by atoms with Crippen LogP contribution in [0.25, 0.3) is 0 Å². The largest absolute Gasteiger partial charge is 0.444 e. The Kier molecular flexibility index (Phi) is 7.29. The van der Waals surface area contributed by atoms with Crippen molar-refractivity contribution in [1.29, 1.82) is 0 Å². The summed E-state index contributed by atoms with van der Waals surface area (Å²) in [5, 5.41) is 6.09. The van der Waals surface area contributed by atoms with Gasteiger partial charge in [-0.2, -0.15) is 0 Å². The average Bonchev–Trinajstić information content (AvgIpc) is 2.39. The summed E-state index contributed by atoms with van der Waals surface area (Å²) in [4.78, 5) is 11.7. The van der Waals surface area contributed by atoms with Crippen LogP contribution in [0.4, 0.5) is 9.18 Å². The Balaban J connectivity index is 2.40. The monoisotopic (exact) mass is 374 g/mol. The minimum absolute atomic E-state index is 0.0151. The van der Waals surface area contributed by atoms with Gasteiger partial charge in [0.1, 0.15) is 11.4 Å². The van der Waals surface area contributed by atoms with Gasteiger partial charge in [0, 0.05) is 19.1 Å². The molecular formula is C16H24BrFN2O2. The lowest BCUT2D eigenvalue weighted by Crippen LogP contribution is -2.43. The molecule has 0 fully saturated rings. The summed E-state index contributed by atoms with van der Waals surface area (Å²) in [6.45, 7) is 8.71. The Morgan fingerprint density at radius 2 is 2.09 bits per heavy atom. The number of hydrogen-bond donors (Lipinski definition) is 2. The molecule has 1 aromatic carbocycles. The van der Waals surface area contributed by atoms with Crippen molar-refractivity contribution in [2.45, 2.75) is 52.3 Å². The quantitative estimate of drug-likeness (QED) is 0.791. The van der Waals surface area contributed by atoms with Gasteiger partial charge in [0.05, 0.1) is 4.47 Å². The maximum absolute atomic E-state index is 13.2. The first kappa shape index (κ1) is 18.9. The van der Waals surface area contributed by atoms with Gasteiger partial charge in [-0.05, 0) is 60.8 Å². The summed E-state index contributed by atoms with van der Waals surface area (Å²) in [7, 11) is 0. The summed E-state index contributed by atoms with van der Waals surface area (Å²) < 4.78 is 18.8. The topological polar surface area (TPSA) is 50.4 Å². The van der Waals surface area contributed by atoms with Crippen LogP contribution < -0.4 is 10.6 Å². The molecule has 0 spiro atoms. The summed E-state index contributed by atoms with van der Waals surface area (Å²) in [6.07, 6.45) is 0.380. The fourth-order valence-corrected chi connectivity index (χ4v) is 2.24. The van der Waals surface area contributed by atoms with Crippen molar-refractivity contribution in [1.82, 2.24) is 10.6 Å². The van der Waals surface area contributed by atoms with Crippen LogP contribution in [0.15, 0.2) is 22.7 Å². The minimum Gasteiger partial charge on any atom is -0.444 e. The van der Waals surface area contributed by atoms with Gasteiger partial charge in [-0.25, -0.2) is 9.18 Å². The highest BCUT2D eigenvalue weighted by atomic mass is 79.9. The zero-order valence-electron chi connectivity index (χ0n) is 13.5. The van der Waals surface area contributed by atoms with Crippen LogP contribution in [0, 0.1) is 5.82 Å². The third-order valence-electron chi connectivity index (χ3n) is 2.92. The number of hydrogen-bond acceptors (Lipinski definition) is 3. The smallest absolute Gasteiger partial charge is 0.407 e. The molecule has 6 heteroatoms. The number of ether oxygens (including phenoxy) is 1. The molecule has 0 saturated heterocycles. The molecule has 1 atom stereocenters. The lowest BCUT2D eigenvalue weighted by Gasteiger charge is -2.23. The lowest BCUT2D eigenvalue weighted by molar-refractivity contribution is 0.0502. The van der Waals surface area contributed by atoms with E-state index in [-0.39, 0.29) is 11.9 Å². The predicted octanol–water partition coefficient (Wildman–Crippen LogP) is 3.98. The SMILES string of the molecule is CCC(CNCc1ccc(F)c(Br)c1)NC(=O)OC(C)(C)C. The molecule has 0 heterocycles. The Morgan fingerprint density at radius 3 is 2.64 bits per heavy atom. The van der Waals surface area contributed by atoms with Crippen LogP contribution in [0.1, 0.15) is 39.7 Å². The van der Waals surface area contributed by atoms with Crippen molar-refractivity contribution < 1.29 is 13.9 Å². The van der Waals surface area contributed by atoms with Crippen molar-refractivity contribution in [2.24, 2.45) is 0 Å². The van der Waals surface area contributed by atoms with E-state index in [1.165, 1.54) is 6.07 Å². The van der Waals surface area contributed by atoms with Gasteiger partial charge in [-0.1, -0.05) is 13.0 Å². The number of amides is 1. The summed E-state index contributed by atoms with van der Waals surface area (Å²) in [5.41, 5.74) is 0.469. The Bertz CT molecular complexity index is 503. The molecule has 1 rings (SSSR count). The summed E-state index contributed by atoms with van der Waals surface area (Å²) in [6, 6.07) is 4.89. The molecule has 0 bridgehead atoms. The number of benzene rings is 1. The van der Waals surface area contributed by atoms with Crippen LogP contribution >= 0.6 is 15.9 Å². The second-order valence-corrected chi connectivity index (χ2v) is 6.99.